The summed E-state index contributed by atoms with van der Waals surface area (Å²) < 4.78 is 0. The van der Waals surface area contributed by atoms with Gasteiger partial charge in [0.05, 0.1) is 18.8 Å². The number of rotatable bonds is 41. The molecular formula is C48H89NO4. The average Bonchev–Trinajstić information content (AvgIpc) is 3.16. The van der Waals surface area contributed by atoms with E-state index in [-0.39, 0.29) is 12.5 Å². The summed E-state index contributed by atoms with van der Waals surface area (Å²) >= 11 is 0. The van der Waals surface area contributed by atoms with E-state index >= 15 is 0 Å². The fraction of sp³-hybridized carbons (Fsp3) is 0.812. The molecule has 1 amide bonds. The molecule has 0 bridgehead atoms. The molecule has 53 heavy (non-hydrogen) atoms. The van der Waals surface area contributed by atoms with E-state index in [1.54, 1.807) is 0 Å². The molecule has 0 radical (unpaired) electrons. The second-order valence-corrected chi connectivity index (χ2v) is 15.6. The van der Waals surface area contributed by atoms with Gasteiger partial charge in [0.1, 0.15) is 6.10 Å². The largest absolute Gasteiger partial charge is 0.394 e. The molecule has 0 spiro atoms. The summed E-state index contributed by atoms with van der Waals surface area (Å²) in [6, 6.07) is -0.835. The van der Waals surface area contributed by atoms with Gasteiger partial charge in [0.2, 0.25) is 5.91 Å². The van der Waals surface area contributed by atoms with Crippen LogP contribution in [0.4, 0.5) is 0 Å². The van der Waals surface area contributed by atoms with Crippen LogP contribution in [0.3, 0.4) is 0 Å². The van der Waals surface area contributed by atoms with Crippen LogP contribution in [0.15, 0.2) is 48.6 Å². The van der Waals surface area contributed by atoms with Crippen molar-refractivity contribution in [1.29, 1.82) is 0 Å². The summed E-state index contributed by atoms with van der Waals surface area (Å²) in [5, 5.41) is 33.5. The number of nitrogens with one attached hydrogen (secondary N) is 1. The standard InChI is InChI=1S/C48H89NO4/c1-3-5-7-9-11-13-15-17-19-20-21-22-23-24-25-26-27-28-29-31-33-35-37-39-41-43-47(52)49-45(44-50)48(53)46(51)42-40-38-36-34-32-30-18-16-14-12-10-8-6-4-2/h16,18,21-22,24-25,34,36,45-46,48,50-51,53H,3-15,17,19-20,23,26-33,35,37-44H2,1-2H3,(H,49,52)/b18-16+,22-21-,25-24-,36-34+. The quantitative estimate of drug-likeness (QED) is 0.0371. The van der Waals surface area contributed by atoms with E-state index in [0.717, 1.165) is 51.4 Å². The van der Waals surface area contributed by atoms with Crippen LogP contribution < -0.4 is 5.32 Å². The highest BCUT2D eigenvalue weighted by molar-refractivity contribution is 5.76. The van der Waals surface area contributed by atoms with Gasteiger partial charge in [-0.05, 0) is 83.5 Å². The molecule has 4 N–H and O–H groups in total. The second-order valence-electron chi connectivity index (χ2n) is 15.6. The van der Waals surface area contributed by atoms with Crippen molar-refractivity contribution < 1.29 is 20.1 Å². The predicted octanol–water partition coefficient (Wildman–Crippen LogP) is 13.3. The molecule has 0 fully saturated rings. The minimum Gasteiger partial charge on any atom is -0.394 e. The number of carbonyl (C=O) groups excluding carboxylic acids is 1. The van der Waals surface area contributed by atoms with Gasteiger partial charge < -0.3 is 20.6 Å². The maximum Gasteiger partial charge on any atom is 0.220 e. The Labute approximate surface area is 329 Å². The van der Waals surface area contributed by atoms with Crippen molar-refractivity contribution in [2.24, 2.45) is 0 Å². The lowest BCUT2D eigenvalue weighted by atomic mass is 10.0. The Morgan fingerprint density at radius 3 is 1.26 bits per heavy atom. The number of carbonyl (C=O) groups is 1. The van der Waals surface area contributed by atoms with Crippen molar-refractivity contribution in [2.75, 3.05) is 6.61 Å². The van der Waals surface area contributed by atoms with Gasteiger partial charge in [0.25, 0.3) is 0 Å². The van der Waals surface area contributed by atoms with Gasteiger partial charge in [-0.2, -0.15) is 0 Å². The molecule has 3 atom stereocenters. The molecule has 0 heterocycles. The third kappa shape index (κ3) is 38.4. The van der Waals surface area contributed by atoms with Gasteiger partial charge in [-0.25, -0.2) is 0 Å². The topological polar surface area (TPSA) is 89.8 Å². The molecule has 0 rings (SSSR count). The first-order valence-corrected chi connectivity index (χ1v) is 22.9. The van der Waals surface area contributed by atoms with Crippen LogP contribution in [-0.4, -0.2) is 46.1 Å². The highest BCUT2D eigenvalue weighted by atomic mass is 16.3. The van der Waals surface area contributed by atoms with Crippen molar-refractivity contribution in [3.63, 3.8) is 0 Å². The van der Waals surface area contributed by atoms with Crippen LogP contribution >= 0.6 is 0 Å². The maximum atomic E-state index is 12.4. The zero-order chi connectivity index (χ0) is 38.7. The van der Waals surface area contributed by atoms with E-state index in [2.05, 4.69) is 67.8 Å². The number of aliphatic hydroxyl groups is 3. The molecular weight excluding hydrogens is 655 g/mol. The molecule has 5 heteroatoms. The molecule has 0 saturated heterocycles. The molecule has 3 unspecified atom stereocenters. The van der Waals surface area contributed by atoms with E-state index in [1.165, 1.54) is 148 Å². The maximum absolute atomic E-state index is 12.4. The highest BCUT2D eigenvalue weighted by Gasteiger charge is 2.26. The first kappa shape index (κ1) is 51.3. The van der Waals surface area contributed by atoms with Crippen LogP contribution in [0.2, 0.25) is 0 Å². The molecule has 0 aliphatic carbocycles. The van der Waals surface area contributed by atoms with Gasteiger partial charge in [-0.1, -0.05) is 184 Å². The Bertz CT molecular complexity index is 866. The number of hydrogen-bond acceptors (Lipinski definition) is 4. The minimum absolute atomic E-state index is 0.164. The van der Waals surface area contributed by atoms with Gasteiger partial charge in [0, 0.05) is 6.42 Å². The van der Waals surface area contributed by atoms with Gasteiger partial charge in [0.15, 0.2) is 0 Å². The predicted molar refractivity (Wildman–Crippen MR) is 231 cm³/mol. The van der Waals surface area contributed by atoms with E-state index in [0.29, 0.717) is 12.8 Å². The molecule has 5 nitrogen and oxygen atoms in total. The van der Waals surface area contributed by atoms with Crippen LogP contribution in [0.1, 0.15) is 226 Å². The smallest absolute Gasteiger partial charge is 0.220 e. The van der Waals surface area contributed by atoms with Crippen LogP contribution in [0.25, 0.3) is 0 Å². The lowest BCUT2D eigenvalue weighted by Gasteiger charge is -2.26. The van der Waals surface area contributed by atoms with Crippen LogP contribution in [-0.2, 0) is 4.79 Å². The normalized spacial score (nSPS) is 14.0. The van der Waals surface area contributed by atoms with Crippen molar-refractivity contribution in [1.82, 2.24) is 5.32 Å². The molecule has 0 aromatic heterocycles. The lowest BCUT2D eigenvalue weighted by molar-refractivity contribution is -0.124. The zero-order valence-electron chi connectivity index (χ0n) is 35.1. The Morgan fingerprint density at radius 1 is 0.472 bits per heavy atom. The highest BCUT2D eigenvalue weighted by Crippen LogP contribution is 2.14. The average molecular weight is 744 g/mol. The number of amides is 1. The molecule has 0 saturated carbocycles. The third-order valence-electron chi connectivity index (χ3n) is 10.4. The first-order valence-electron chi connectivity index (χ1n) is 22.9. The van der Waals surface area contributed by atoms with Crippen molar-refractivity contribution >= 4 is 5.91 Å². The number of unbranched alkanes of at least 4 members (excludes halogenated alkanes) is 25. The molecule has 0 aliphatic rings. The summed E-state index contributed by atoms with van der Waals surface area (Å²) in [4.78, 5) is 12.4. The van der Waals surface area contributed by atoms with E-state index < -0.39 is 18.2 Å². The van der Waals surface area contributed by atoms with E-state index in [9.17, 15) is 20.1 Å². The van der Waals surface area contributed by atoms with Crippen LogP contribution in [0, 0.1) is 0 Å². The lowest BCUT2D eigenvalue weighted by Crippen LogP contribution is -2.50. The summed E-state index contributed by atoms with van der Waals surface area (Å²) in [5.74, 6) is -0.164. The van der Waals surface area contributed by atoms with Gasteiger partial charge in [-0.3, -0.25) is 4.79 Å². The number of hydrogen-bond donors (Lipinski definition) is 4. The Morgan fingerprint density at radius 2 is 0.830 bits per heavy atom. The molecule has 310 valence electrons. The van der Waals surface area contributed by atoms with E-state index in [1.807, 2.05) is 0 Å². The second kappa shape index (κ2) is 43.0. The van der Waals surface area contributed by atoms with Crippen molar-refractivity contribution in [3.05, 3.63) is 48.6 Å². The third-order valence-corrected chi connectivity index (χ3v) is 10.4. The Balaban J connectivity index is 3.66. The number of allylic oxidation sites excluding steroid dienone is 8. The SMILES string of the molecule is CCCCCCC/C=C/CC/C=C/CCCC(O)C(O)C(CO)NC(=O)CCCCCCCCCCC/C=C\C/C=C\CCCCCCCCCCC. The van der Waals surface area contributed by atoms with Crippen LogP contribution in [0.5, 0.6) is 0 Å². The monoisotopic (exact) mass is 744 g/mol. The zero-order valence-corrected chi connectivity index (χ0v) is 35.1. The minimum atomic E-state index is -1.17. The first-order chi connectivity index (χ1) is 26.1. The van der Waals surface area contributed by atoms with Crippen molar-refractivity contribution in [3.8, 4) is 0 Å². The Hall–Kier alpha value is -1.69. The summed E-state index contributed by atoms with van der Waals surface area (Å²) in [7, 11) is 0. The summed E-state index contributed by atoms with van der Waals surface area (Å²) in [6.45, 7) is 4.14. The number of aliphatic hydroxyl groups excluding tert-OH is 3. The molecule has 0 aromatic carbocycles. The van der Waals surface area contributed by atoms with Crippen molar-refractivity contribution in [2.45, 2.75) is 244 Å². The molecule has 0 aromatic rings. The Kier molecular flexibility index (Phi) is 41.7. The van der Waals surface area contributed by atoms with Gasteiger partial charge >= 0.3 is 0 Å². The van der Waals surface area contributed by atoms with E-state index in [4.69, 9.17) is 0 Å². The van der Waals surface area contributed by atoms with Gasteiger partial charge in [-0.15, -0.1) is 0 Å². The fourth-order valence-electron chi connectivity index (χ4n) is 6.80. The fourth-order valence-corrected chi connectivity index (χ4v) is 6.80. The summed E-state index contributed by atoms with van der Waals surface area (Å²) in [5.41, 5.74) is 0. The molecule has 0 aliphatic heterocycles. The summed E-state index contributed by atoms with van der Waals surface area (Å²) in [6.07, 6.45) is 55.1.